The van der Waals surface area contributed by atoms with Crippen molar-refractivity contribution in [2.45, 2.75) is 12.8 Å². The molecule has 0 atom stereocenters. The van der Waals surface area contributed by atoms with Crippen LogP contribution in [0.15, 0.2) is 16.9 Å². The maximum Gasteiger partial charge on any atom is 0.307 e. The topological polar surface area (TPSA) is 70.2 Å². The highest BCUT2D eigenvalue weighted by atomic mass is 19.3. The molecule has 0 bridgehead atoms. The fourth-order valence-corrected chi connectivity index (χ4v) is 1.02. The van der Waals surface area contributed by atoms with E-state index < -0.39 is 30.1 Å². The van der Waals surface area contributed by atoms with E-state index in [1.807, 2.05) is 4.98 Å². The first-order chi connectivity index (χ1) is 6.49. The summed E-state index contributed by atoms with van der Waals surface area (Å²) in [7, 11) is 0. The first-order valence-corrected chi connectivity index (χ1v) is 3.72. The van der Waals surface area contributed by atoms with Crippen molar-refractivity contribution in [3.05, 3.63) is 33.7 Å². The highest BCUT2D eigenvalue weighted by molar-refractivity contribution is 5.70. The minimum atomic E-state index is -2.81. The third kappa shape index (κ3) is 2.65. The quantitative estimate of drug-likeness (QED) is 0.767. The van der Waals surface area contributed by atoms with Crippen molar-refractivity contribution in [3.63, 3.8) is 0 Å². The van der Waals surface area contributed by atoms with Gasteiger partial charge in [0.2, 0.25) is 5.56 Å². The lowest BCUT2D eigenvalue weighted by atomic mass is 10.1. The number of carboxylic acids is 1. The summed E-state index contributed by atoms with van der Waals surface area (Å²) in [6, 6.07) is 1.96. The number of rotatable bonds is 3. The second-order valence-electron chi connectivity index (χ2n) is 2.68. The third-order valence-electron chi connectivity index (χ3n) is 1.52. The van der Waals surface area contributed by atoms with Crippen LogP contribution in [0.25, 0.3) is 0 Å². The van der Waals surface area contributed by atoms with Gasteiger partial charge in [0.1, 0.15) is 0 Å². The van der Waals surface area contributed by atoms with Gasteiger partial charge >= 0.3 is 5.97 Å². The molecule has 0 spiro atoms. The number of alkyl halides is 2. The van der Waals surface area contributed by atoms with Crippen LogP contribution in [0, 0.1) is 0 Å². The molecule has 0 aromatic carbocycles. The number of halogens is 2. The van der Waals surface area contributed by atoms with Crippen molar-refractivity contribution < 1.29 is 18.7 Å². The van der Waals surface area contributed by atoms with E-state index in [1.165, 1.54) is 0 Å². The second kappa shape index (κ2) is 3.99. The molecule has 1 rings (SSSR count). The summed E-state index contributed by atoms with van der Waals surface area (Å²) in [5, 5.41) is 8.39. The van der Waals surface area contributed by atoms with Gasteiger partial charge in [-0.05, 0) is 11.6 Å². The largest absolute Gasteiger partial charge is 0.481 e. The lowest BCUT2D eigenvalue weighted by Gasteiger charge is -2.01. The lowest BCUT2D eigenvalue weighted by Crippen LogP contribution is -2.12. The van der Waals surface area contributed by atoms with Gasteiger partial charge in [-0.3, -0.25) is 9.59 Å². The van der Waals surface area contributed by atoms with E-state index >= 15 is 0 Å². The van der Waals surface area contributed by atoms with Crippen LogP contribution in [-0.4, -0.2) is 16.1 Å². The van der Waals surface area contributed by atoms with Crippen LogP contribution in [0.2, 0.25) is 0 Å². The molecule has 14 heavy (non-hydrogen) atoms. The van der Waals surface area contributed by atoms with Gasteiger partial charge in [-0.15, -0.1) is 0 Å². The Labute approximate surface area is 77.2 Å². The van der Waals surface area contributed by atoms with Crippen LogP contribution in [0.1, 0.15) is 17.7 Å². The molecule has 2 N–H and O–H groups in total. The Hall–Kier alpha value is -1.72. The van der Waals surface area contributed by atoms with E-state index in [0.29, 0.717) is 0 Å². The second-order valence-corrected chi connectivity index (χ2v) is 2.68. The van der Waals surface area contributed by atoms with E-state index in [2.05, 4.69) is 0 Å². The van der Waals surface area contributed by atoms with Crippen LogP contribution < -0.4 is 5.56 Å². The van der Waals surface area contributed by atoms with E-state index in [-0.39, 0.29) is 5.56 Å². The summed E-state index contributed by atoms with van der Waals surface area (Å²) >= 11 is 0. The van der Waals surface area contributed by atoms with Gasteiger partial charge < -0.3 is 10.1 Å². The van der Waals surface area contributed by atoms with Gasteiger partial charge in [0, 0.05) is 6.07 Å². The Balaban J connectivity index is 3.07. The number of aromatic amines is 1. The van der Waals surface area contributed by atoms with Crippen molar-refractivity contribution >= 4 is 5.97 Å². The van der Waals surface area contributed by atoms with Crippen LogP contribution in [-0.2, 0) is 11.2 Å². The molecule has 0 amide bonds. The Morgan fingerprint density at radius 1 is 1.50 bits per heavy atom. The van der Waals surface area contributed by atoms with Gasteiger partial charge in [0.05, 0.1) is 12.1 Å². The molecule has 0 saturated heterocycles. The van der Waals surface area contributed by atoms with Crippen molar-refractivity contribution in [1.82, 2.24) is 4.98 Å². The molecule has 76 valence electrons. The first-order valence-electron chi connectivity index (χ1n) is 3.72. The zero-order valence-corrected chi connectivity index (χ0v) is 6.96. The monoisotopic (exact) mass is 203 g/mol. The molecule has 0 unspecified atom stereocenters. The summed E-state index contributed by atoms with van der Waals surface area (Å²) in [5.41, 5.74) is -1.22. The van der Waals surface area contributed by atoms with Gasteiger partial charge in [-0.25, -0.2) is 8.78 Å². The SMILES string of the molecule is O=C(O)Cc1cc(C(F)F)[nH]c(=O)c1. The fourth-order valence-electron chi connectivity index (χ4n) is 1.02. The van der Waals surface area contributed by atoms with Crippen molar-refractivity contribution in [3.8, 4) is 0 Å². The molecule has 0 aliphatic carbocycles. The highest BCUT2D eigenvalue weighted by Gasteiger charge is 2.10. The molecule has 1 aromatic heterocycles. The van der Waals surface area contributed by atoms with Crippen molar-refractivity contribution in [2.24, 2.45) is 0 Å². The van der Waals surface area contributed by atoms with Gasteiger partial charge in [-0.2, -0.15) is 0 Å². The molecular weight excluding hydrogens is 196 g/mol. The number of hydrogen-bond donors (Lipinski definition) is 2. The molecule has 4 nitrogen and oxygen atoms in total. The van der Waals surface area contributed by atoms with E-state index in [1.54, 1.807) is 0 Å². The number of H-pyrrole nitrogens is 1. The maximum atomic E-state index is 12.1. The van der Waals surface area contributed by atoms with Crippen LogP contribution >= 0.6 is 0 Å². The summed E-state index contributed by atoms with van der Waals surface area (Å²) in [6.07, 6.45) is -3.25. The molecule has 1 aromatic rings. The predicted octanol–water partition coefficient (Wildman–Crippen LogP) is 0.940. The Bertz CT molecular complexity index is 400. The van der Waals surface area contributed by atoms with E-state index in [0.717, 1.165) is 12.1 Å². The molecule has 0 aliphatic rings. The Morgan fingerprint density at radius 2 is 2.14 bits per heavy atom. The molecule has 0 radical (unpaired) electrons. The Kier molecular flexibility index (Phi) is 2.95. The minimum Gasteiger partial charge on any atom is -0.481 e. The summed E-state index contributed by atoms with van der Waals surface area (Å²) < 4.78 is 24.3. The van der Waals surface area contributed by atoms with Crippen LogP contribution in [0.3, 0.4) is 0 Å². The molecule has 6 heteroatoms. The number of aliphatic carboxylic acids is 1. The van der Waals surface area contributed by atoms with E-state index in [9.17, 15) is 18.4 Å². The number of carbonyl (C=O) groups is 1. The first kappa shape index (κ1) is 10.4. The van der Waals surface area contributed by atoms with Crippen LogP contribution in [0.5, 0.6) is 0 Å². The zero-order valence-electron chi connectivity index (χ0n) is 6.96. The van der Waals surface area contributed by atoms with Gasteiger partial charge in [-0.1, -0.05) is 0 Å². The highest BCUT2D eigenvalue weighted by Crippen LogP contribution is 2.15. The minimum absolute atomic E-state index is 0.0663. The van der Waals surface area contributed by atoms with Crippen molar-refractivity contribution in [1.29, 1.82) is 0 Å². The van der Waals surface area contributed by atoms with Crippen LogP contribution in [0.4, 0.5) is 8.78 Å². The van der Waals surface area contributed by atoms with Gasteiger partial charge in [0.25, 0.3) is 6.43 Å². The zero-order chi connectivity index (χ0) is 10.7. The molecule has 1 heterocycles. The van der Waals surface area contributed by atoms with E-state index in [4.69, 9.17) is 5.11 Å². The normalized spacial score (nSPS) is 10.5. The van der Waals surface area contributed by atoms with Crippen molar-refractivity contribution in [2.75, 3.05) is 0 Å². The number of carboxylic acid groups (broad SMARTS) is 1. The summed E-state index contributed by atoms with van der Waals surface area (Å²) in [5.74, 6) is -1.17. The molecule has 0 aliphatic heterocycles. The smallest absolute Gasteiger partial charge is 0.307 e. The molecular formula is C8H7F2NO3. The van der Waals surface area contributed by atoms with Gasteiger partial charge in [0.15, 0.2) is 0 Å². The number of nitrogens with one attached hydrogen (secondary N) is 1. The lowest BCUT2D eigenvalue weighted by molar-refractivity contribution is -0.136. The summed E-state index contributed by atoms with van der Waals surface area (Å²) in [4.78, 5) is 23.0. The molecule has 0 fully saturated rings. The predicted molar refractivity (Wildman–Crippen MR) is 43.4 cm³/mol. The molecule has 0 saturated carbocycles. The average Bonchev–Trinajstić information content (AvgIpc) is 2.01. The standard InChI is InChI=1S/C8H7F2NO3/c9-8(10)5-1-4(3-7(13)14)2-6(12)11-5/h1-2,8H,3H2,(H,11,12)(H,13,14). The Morgan fingerprint density at radius 3 is 2.64 bits per heavy atom. The average molecular weight is 203 g/mol. The number of aromatic nitrogens is 1. The fraction of sp³-hybridized carbons (Fsp3) is 0.250. The number of pyridine rings is 1. The third-order valence-corrected chi connectivity index (χ3v) is 1.52. The maximum absolute atomic E-state index is 12.1. The summed E-state index contributed by atoms with van der Waals surface area (Å²) in [6.45, 7) is 0. The number of hydrogen-bond acceptors (Lipinski definition) is 2.